The highest BCUT2D eigenvalue weighted by Gasteiger charge is 1.93. The molecule has 4 nitrogen and oxygen atoms in total. The summed E-state index contributed by atoms with van der Waals surface area (Å²) < 4.78 is 0. The summed E-state index contributed by atoms with van der Waals surface area (Å²) in [5, 5.41) is 19.6. The molecule has 0 fully saturated rings. The maximum Gasteiger partial charge on any atom is 0.106 e. The van der Waals surface area contributed by atoms with Crippen LogP contribution in [0.3, 0.4) is 0 Å². The van der Waals surface area contributed by atoms with E-state index in [0.717, 1.165) is 0 Å². The molecule has 0 aliphatic rings. The Morgan fingerprint density at radius 1 is 1.50 bits per heavy atom. The number of carbonyl (C=O) groups excluding carboxylic acids is 1. The molecule has 62 valence electrons. The van der Waals surface area contributed by atoms with Gasteiger partial charge in [-0.25, -0.2) is 0 Å². The van der Waals surface area contributed by atoms with Gasteiger partial charge in [-0.15, -0.1) is 0 Å². The number of hydrogen-bond donors (Lipinski definition) is 3. The fraction of sp³-hybridized carbons (Fsp3) is 0.833. The lowest BCUT2D eigenvalue weighted by Gasteiger charge is -2.07. The predicted molar refractivity (Wildman–Crippen MR) is 38.8 cm³/mol. The summed E-state index contributed by atoms with van der Waals surface area (Å²) in [6.45, 7) is 4.67. The van der Waals surface area contributed by atoms with Crippen LogP contribution in [0.25, 0.3) is 0 Å². The quantitative estimate of drug-likeness (QED) is 0.468. The lowest BCUT2D eigenvalue weighted by Crippen LogP contribution is -2.31. The fourth-order valence-electron chi connectivity index (χ4n) is 0.375. The van der Waals surface area contributed by atoms with Crippen molar-refractivity contribution in [2.45, 2.75) is 13.0 Å². The van der Waals surface area contributed by atoms with E-state index in [0.29, 0.717) is 6.54 Å². The molecule has 0 heterocycles. The van der Waals surface area contributed by atoms with E-state index in [1.165, 1.54) is 0 Å². The molecule has 10 heavy (non-hydrogen) atoms. The topological polar surface area (TPSA) is 69.6 Å². The summed E-state index contributed by atoms with van der Waals surface area (Å²) in [7, 11) is 0. The second-order valence-electron chi connectivity index (χ2n) is 1.76. The van der Waals surface area contributed by atoms with Gasteiger partial charge in [0.25, 0.3) is 0 Å². The minimum atomic E-state index is 0.0992. The SMILES string of the molecule is C=O.CC(CO)NCCO. The summed E-state index contributed by atoms with van der Waals surface area (Å²) in [4.78, 5) is 8.00. The van der Waals surface area contributed by atoms with E-state index in [4.69, 9.17) is 15.0 Å². The highest BCUT2D eigenvalue weighted by atomic mass is 16.3. The molecule has 0 saturated carbocycles. The smallest absolute Gasteiger partial charge is 0.106 e. The largest absolute Gasteiger partial charge is 0.395 e. The van der Waals surface area contributed by atoms with Gasteiger partial charge >= 0.3 is 0 Å². The van der Waals surface area contributed by atoms with Crippen LogP contribution in [0.1, 0.15) is 6.92 Å². The number of aliphatic hydroxyl groups is 2. The highest BCUT2D eigenvalue weighted by molar-refractivity contribution is 5.10. The number of nitrogens with one attached hydrogen (secondary N) is 1. The predicted octanol–water partition coefficient (Wildman–Crippen LogP) is -1.24. The minimum absolute atomic E-state index is 0.0992. The number of carbonyl (C=O) groups is 1. The first-order valence-electron chi connectivity index (χ1n) is 3.05. The van der Waals surface area contributed by atoms with Gasteiger partial charge in [0, 0.05) is 12.6 Å². The van der Waals surface area contributed by atoms with Gasteiger partial charge in [0.1, 0.15) is 6.79 Å². The van der Waals surface area contributed by atoms with Crippen LogP contribution in [0.2, 0.25) is 0 Å². The van der Waals surface area contributed by atoms with Crippen molar-refractivity contribution in [3.63, 3.8) is 0 Å². The molecule has 3 N–H and O–H groups in total. The van der Waals surface area contributed by atoms with Crippen molar-refractivity contribution in [2.75, 3.05) is 19.8 Å². The van der Waals surface area contributed by atoms with Gasteiger partial charge in [-0.05, 0) is 6.92 Å². The van der Waals surface area contributed by atoms with Gasteiger partial charge in [0.15, 0.2) is 0 Å². The lowest BCUT2D eigenvalue weighted by atomic mass is 10.4. The number of rotatable bonds is 4. The van der Waals surface area contributed by atoms with E-state index in [1.807, 2.05) is 13.7 Å². The second kappa shape index (κ2) is 11.4. The average Bonchev–Trinajstić information content (AvgIpc) is 2.04. The molecule has 0 aliphatic carbocycles. The van der Waals surface area contributed by atoms with Crippen LogP contribution < -0.4 is 5.32 Å². The second-order valence-corrected chi connectivity index (χ2v) is 1.76. The molecule has 0 aromatic heterocycles. The number of aliphatic hydroxyl groups excluding tert-OH is 2. The molecule has 0 spiro atoms. The normalized spacial score (nSPS) is 11.5. The summed E-state index contributed by atoms with van der Waals surface area (Å²) in [6, 6.07) is 0.0992. The molecular weight excluding hydrogens is 134 g/mol. The molecule has 0 aromatic carbocycles. The van der Waals surface area contributed by atoms with Gasteiger partial charge in [-0.3, -0.25) is 0 Å². The van der Waals surface area contributed by atoms with Gasteiger partial charge in [-0.2, -0.15) is 0 Å². The van der Waals surface area contributed by atoms with Crippen LogP contribution in [0, 0.1) is 0 Å². The molecular formula is C6H15NO3. The standard InChI is InChI=1S/C5H13NO2.CH2O/c1-5(4-8)6-2-3-7;1-2/h5-8H,2-4H2,1H3;1H2. The zero-order chi connectivity index (χ0) is 8.41. The molecule has 1 atom stereocenters. The van der Waals surface area contributed by atoms with Crippen LogP contribution >= 0.6 is 0 Å². The Labute approximate surface area is 60.9 Å². The molecule has 1 unspecified atom stereocenters. The third-order valence-electron chi connectivity index (χ3n) is 0.878. The van der Waals surface area contributed by atoms with Crippen molar-refractivity contribution in [3.8, 4) is 0 Å². The van der Waals surface area contributed by atoms with Gasteiger partial charge < -0.3 is 20.3 Å². The van der Waals surface area contributed by atoms with E-state index in [9.17, 15) is 0 Å². The average molecular weight is 149 g/mol. The van der Waals surface area contributed by atoms with E-state index >= 15 is 0 Å². The van der Waals surface area contributed by atoms with Crippen LogP contribution in [0.4, 0.5) is 0 Å². The van der Waals surface area contributed by atoms with Gasteiger partial charge in [0.05, 0.1) is 13.2 Å². The van der Waals surface area contributed by atoms with Crippen LogP contribution in [-0.4, -0.2) is 42.8 Å². The van der Waals surface area contributed by atoms with Crippen molar-refractivity contribution in [3.05, 3.63) is 0 Å². The first kappa shape index (κ1) is 12.2. The Balaban J connectivity index is 0. The van der Waals surface area contributed by atoms with Crippen LogP contribution in [-0.2, 0) is 4.79 Å². The maximum absolute atomic E-state index is 8.42. The van der Waals surface area contributed by atoms with Gasteiger partial charge in [-0.1, -0.05) is 0 Å². The molecule has 0 aromatic rings. The molecule has 0 aliphatic heterocycles. The summed E-state index contributed by atoms with van der Waals surface area (Å²) in [5.74, 6) is 0. The van der Waals surface area contributed by atoms with Crippen molar-refractivity contribution in [1.29, 1.82) is 0 Å². The Hall–Kier alpha value is -0.450. The van der Waals surface area contributed by atoms with E-state index in [2.05, 4.69) is 5.32 Å². The van der Waals surface area contributed by atoms with Crippen LogP contribution in [0.15, 0.2) is 0 Å². The van der Waals surface area contributed by atoms with Gasteiger partial charge in [0.2, 0.25) is 0 Å². The summed E-state index contributed by atoms with van der Waals surface area (Å²) in [6.07, 6.45) is 0. The highest BCUT2D eigenvalue weighted by Crippen LogP contribution is 1.73. The van der Waals surface area contributed by atoms with Crippen molar-refractivity contribution < 1.29 is 15.0 Å². The monoisotopic (exact) mass is 149 g/mol. The third-order valence-corrected chi connectivity index (χ3v) is 0.878. The zero-order valence-electron chi connectivity index (χ0n) is 6.21. The first-order valence-corrected chi connectivity index (χ1v) is 3.05. The Kier molecular flexibility index (Phi) is 13.9. The van der Waals surface area contributed by atoms with Crippen LogP contribution in [0.5, 0.6) is 0 Å². The van der Waals surface area contributed by atoms with E-state index in [1.54, 1.807) is 0 Å². The lowest BCUT2D eigenvalue weighted by molar-refractivity contribution is -0.0979. The molecule has 0 bridgehead atoms. The molecule has 0 rings (SSSR count). The van der Waals surface area contributed by atoms with E-state index < -0.39 is 0 Å². The Morgan fingerprint density at radius 3 is 2.30 bits per heavy atom. The van der Waals surface area contributed by atoms with Crippen molar-refractivity contribution in [2.24, 2.45) is 0 Å². The minimum Gasteiger partial charge on any atom is -0.395 e. The fourth-order valence-corrected chi connectivity index (χ4v) is 0.375. The van der Waals surface area contributed by atoms with Crippen molar-refractivity contribution in [1.82, 2.24) is 5.32 Å². The zero-order valence-corrected chi connectivity index (χ0v) is 6.21. The molecule has 0 radical (unpaired) electrons. The summed E-state index contributed by atoms with van der Waals surface area (Å²) in [5.41, 5.74) is 0. The van der Waals surface area contributed by atoms with Crippen molar-refractivity contribution >= 4 is 6.79 Å². The Bertz CT molecular complexity index is 61.0. The number of hydrogen-bond acceptors (Lipinski definition) is 4. The molecule has 4 heteroatoms. The summed E-state index contributed by atoms with van der Waals surface area (Å²) >= 11 is 0. The third kappa shape index (κ3) is 10.5. The van der Waals surface area contributed by atoms with E-state index in [-0.39, 0.29) is 19.3 Å². The molecule has 0 amide bonds. The first-order chi connectivity index (χ1) is 4.81. The molecule has 0 saturated heterocycles. The maximum atomic E-state index is 8.42. The Morgan fingerprint density at radius 2 is 2.00 bits per heavy atom.